The highest BCUT2D eigenvalue weighted by Gasteiger charge is 2.41. The number of hydrogen-bond acceptors (Lipinski definition) is 6. The molecule has 3 aromatic carbocycles. The predicted molar refractivity (Wildman–Crippen MR) is 144 cm³/mol. The fraction of sp³-hybridized carbons (Fsp3) is 0.286. The minimum absolute atomic E-state index is 0.257. The van der Waals surface area contributed by atoms with Gasteiger partial charge in [-0.05, 0) is 48.5 Å². The molecule has 4 rings (SSSR count). The second-order valence-electron chi connectivity index (χ2n) is 8.67. The van der Waals surface area contributed by atoms with E-state index in [1.54, 1.807) is 18.1 Å². The minimum Gasteiger partial charge on any atom is -0.497 e. The largest absolute Gasteiger partial charge is 0.497 e. The van der Waals surface area contributed by atoms with Crippen LogP contribution in [-0.2, 0) is 20.9 Å². The number of methoxy groups -OCH3 is 1. The Hall–Kier alpha value is -3.00. The molecule has 8 heteroatoms. The highest BCUT2D eigenvalue weighted by Crippen LogP contribution is 2.47. The lowest BCUT2D eigenvalue weighted by molar-refractivity contribution is -0.152. The Morgan fingerprint density at radius 3 is 2.47 bits per heavy atom. The first-order valence-corrected chi connectivity index (χ1v) is 12.9. The van der Waals surface area contributed by atoms with E-state index < -0.39 is 17.3 Å². The van der Waals surface area contributed by atoms with Crippen LogP contribution in [0.25, 0.3) is 0 Å². The van der Waals surface area contributed by atoms with Gasteiger partial charge in [0.05, 0.1) is 18.0 Å². The lowest BCUT2D eigenvalue weighted by Gasteiger charge is -2.29. The van der Waals surface area contributed by atoms with E-state index in [2.05, 4.69) is 17.0 Å². The van der Waals surface area contributed by atoms with Gasteiger partial charge in [-0.1, -0.05) is 54.1 Å². The molecular formula is C28H29ClN2O4S. The average molecular weight is 525 g/mol. The van der Waals surface area contributed by atoms with Crippen molar-refractivity contribution < 1.29 is 19.1 Å². The molecule has 2 atom stereocenters. The predicted octanol–water partition coefficient (Wildman–Crippen LogP) is 5.59. The number of halogens is 1. The SMILES string of the molecule is COc1ccc([C@H]2Sc3cc(Cl)ccc3N(CCN(C)Cc3ccccc3)C(=O)[C@H]2OC(C)=O)cc1. The zero-order valence-corrected chi connectivity index (χ0v) is 22.1. The van der Waals surface area contributed by atoms with Crippen LogP contribution in [0.5, 0.6) is 5.75 Å². The molecule has 188 valence electrons. The quantitative estimate of drug-likeness (QED) is 0.358. The molecule has 1 aliphatic heterocycles. The van der Waals surface area contributed by atoms with E-state index in [1.807, 2.05) is 61.6 Å². The first-order valence-electron chi connectivity index (χ1n) is 11.7. The summed E-state index contributed by atoms with van der Waals surface area (Å²) in [4.78, 5) is 30.8. The summed E-state index contributed by atoms with van der Waals surface area (Å²) < 4.78 is 11.0. The third-order valence-corrected chi connectivity index (χ3v) is 7.58. The topological polar surface area (TPSA) is 59.1 Å². The molecule has 0 N–H and O–H groups in total. The van der Waals surface area contributed by atoms with E-state index in [4.69, 9.17) is 21.1 Å². The molecule has 36 heavy (non-hydrogen) atoms. The zero-order chi connectivity index (χ0) is 25.7. The Bertz CT molecular complexity index is 1210. The lowest BCUT2D eigenvalue weighted by Crippen LogP contribution is -2.45. The van der Waals surface area contributed by atoms with Gasteiger partial charge in [0.2, 0.25) is 0 Å². The summed E-state index contributed by atoms with van der Waals surface area (Å²) in [7, 11) is 3.63. The van der Waals surface area contributed by atoms with Crippen molar-refractivity contribution in [2.24, 2.45) is 0 Å². The molecule has 6 nitrogen and oxygen atoms in total. The van der Waals surface area contributed by atoms with Crippen molar-refractivity contribution in [1.29, 1.82) is 0 Å². The highest BCUT2D eigenvalue weighted by molar-refractivity contribution is 7.99. The molecule has 1 aliphatic rings. The molecule has 0 unspecified atom stereocenters. The van der Waals surface area contributed by atoms with Crippen LogP contribution in [0, 0.1) is 0 Å². The number of carbonyl (C=O) groups is 2. The van der Waals surface area contributed by atoms with Crippen molar-refractivity contribution in [3.8, 4) is 5.75 Å². The number of ether oxygens (including phenoxy) is 2. The van der Waals surface area contributed by atoms with Gasteiger partial charge in [-0.15, -0.1) is 11.8 Å². The van der Waals surface area contributed by atoms with E-state index in [9.17, 15) is 9.59 Å². The Kier molecular flexibility index (Phi) is 8.56. The van der Waals surface area contributed by atoms with Crippen molar-refractivity contribution >= 4 is 40.9 Å². The maximum atomic E-state index is 14.0. The molecule has 0 saturated heterocycles. The monoisotopic (exact) mass is 524 g/mol. The fourth-order valence-electron chi connectivity index (χ4n) is 4.21. The Balaban J connectivity index is 1.66. The maximum absolute atomic E-state index is 14.0. The Labute approximate surface area is 221 Å². The van der Waals surface area contributed by atoms with Gasteiger partial charge in [0, 0.05) is 36.5 Å². The molecule has 0 aliphatic carbocycles. The summed E-state index contributed by atoms with van der Waals surface area (Å²) in [5.41, 5.74) is 2.81. The highest BCUT2D eigenvalue weighted by atomic mass is 35.5. The van der Waals surface area contributed by atoms with E-state index in [0.717, 1.165) is 22.7 Å². The minimum atomic E-state index is -0.994. The number of likely N-dealkylation sites (N-methyl/N-ethyl adjacent to an activating group) is 1. The second kappa shape index (κ2) is 11.8. The number of carbonyl (C=O) groups excluding carboxylic acids is 2. The molecule has 0 aromatic heterocycles. The molecular weight excluding hydrogens is 496 g/mol. The summed E-state index contributed by atoms with van der Waals surface area (Å²) in [5.74, 6) is -0.0513. The molecule has 1 heterocycles. The van der Waals surface area contributed by atoms with Crippen molar-refractivity contribution in [2.45, 2.75) is 29.7 Å². The summed E-state index contributed by atoms with van der Waals surface area (Å²) >= 11 is 7.83. The Morgan fingerprint density at radius 1 is 1.08 bits per heavy atom. The van der Waals surface area contributed by atoms with Crippen LogP contribution in [0.3, 0.4) is 0 Å². The van der Waals surface area contributed by atoms with Crippen LogP contribution in [0.15, 0.2) is 77.7 Å². The van der Waals surface area contributed by atoms with Gasteiger partial charge in [0.15, 0.2) is 6.10 Å². The van der Waals surface area contributed by atoms with Gasteiger partial charge in [0.25, 0.3) is 5.91 Å². The number of esters is 1. The number of anilines is 1. The van der Waals surface area contributed by atoms with Crippen molar-refractivity contribution in [2.75, 3.05) is 32.1 Å². The van der Waals surface area contributed by atoms with Gasteiger partial charge in [-0.25, -0.2) is 0 Å². The van der Waals surface area contributed by atoms with Gasteiger partial charge >= 0.3 is 5.97 Å². The van der Waals surface area contributed by atoms with Crippen molar-refractivity contribution in [1.82, 2.24) is 4.90 Å². The van der Waals surface area contributed by atoms with E-state index in [-0.39, 0.29) is 5.91 Å². The van der Waals surface area contributed by atoms with E-state index in [0.29, 0.717) is 23.9 Å². The second-order valence-corrected chi connectivity index (χ2v) is 10.3. The summed E-state index contributed by atoms with van der Waals surface area (Å²) in [5, 5.41) is 0.130. The number of hydrogen-bond donors (Lipinski definition) is 0. The van der Waals surface area contributed by atoms with Crippen LogP contribution in [0.1, 0.15) is 23.3 Å². The molecule has 0 radical (unpaired) electrons. The summed E-state index contributed by atoms with van der Waals surface area (Å²) in [6, 6.07) is 23.2. The van der Waals surface area contributed by atoms with E-state index in [1.165, 1.54) is 24.2 Å². The fourth-order valence-corrected chi connectivity index (χ4v) is 5.80. The van der Waals surface area contributed by atoms with Crippen molar-refractivity contribution in [3.63, 3.8) is 0 Å². The molecule has 0 spiro atoms. The Morgan fingerprint density at radius 2 is 1.81 bits per heavy atom. The standard InChI is InChI=1S/C28H29ClN2O4S/c1-19(32)35-26-27(21-9-12-23(34-3)13-10-21)36-25-17-22(29)11-14-24(25)31(28(26)33)16-15-30(2)18-20-7-5-4-6-8-20/h4-14,17,26-27H,15-16,18H2,1-3H3/t26-,27+/m0/s1. The summed E-state index contributed by atoms with van der Waals surface area (Å²) in [6.07, 6.45) is -0.994. The van der Waals surface area contributed by atoms with Crippen LogP contribution < -0.4 is 9.64 Å². The third-order valence-electron chi connectivity index (χ3n) is 5.99. The summed E-state index contributed by atoms with van der Waals surface area (Å²) in [6.45, 7) is 3.15. The number of rotatable bonds is 8. The number of thioether (sulfide) groups is 1. The molecule has 1 amide bonds. The van der Waals surface area contributed by atoms with Crippen molar-refractivity contribution in [3.05, 3.63) is 88.9 Å². The van der Waals surface area contributed by atoms with Gasteiger partial charge < -0.3 is 19.3 Å². The number of nitrogens with zero attached hydrogens (tertiary/aromatic N) is 2. The first kappa shape index (κ1) is 26.1. The zero-order valence-electron chi connectivity index (χ0n) is 20.5. The lowest BCUT2D eigenvalue weighted by atomic mass is 10.1. The van der Waals surface area contributed by atoms with Gasteiger partial charge in [0.1, 0.15) is 5.75 Å². The molecule has 0 saturated carbocycles. The van der Waals surface area contributed by atoms with Gasteiger partial charge in [-0.3, -0.25) is 9.59 Å². The molecule has 0 bridgehead atoms. The average Bonchev–Trinajstić information content (AvgIpc) is 2.97. The maximum Gasteiger partial charge on any atom is 0.303 e. The number of amides is 1. The normalized spacial score (nSPS) is 17.5. The van der Waals surface area contributed by atoms with Crippen LogP contribution in [0.4, 0.5) is 5.69 Å². The third kappa shape index (κ3) is 6.22. The van der Waals surface area contributed by atoms with E-state index >= 15 is 0 Å². The molecule has 3 aromatic rings. The van der Waals surface area contributed by atoms with Gasteiger partial charge in [-0.2, -0.15) is 0 Å². The first-order chi connectivity index (χ1) is 17.4. The van der Waals surface area contributed by atoms with Crippen LogP contribution in [0.2, 0.25) is 5.02 Å². The number of fused-ring (bicyclic) bond motifs is 1. The number of benzene rings is 3. The molecule has 0 fully saturated rings. The smallest absolute Gasteiger partial charge is 0.303 e. The van der Waals surface area contributed by atoms with Crippen LogP contribution >= 0.6 is 23.4 Å². The van der Waals surface area contributed by atoms with Crippen LogP contribution in [-0.4, -0.2) is 50.1 Å².